The number of rotatable bonds is 5. The van der Waals surface area contributed by atoms with E-state index in [4.69, 9.17) is 0 Å². The third kappa shape index (κ3) is 3.16. The van der Waals surface area contributed by atoms with Crippen LogP contribution in [0.3, 0.4) is 0 Å². The summed E-state index contributed by atoms with van der Waals surface area (Å²) in [6, 6.07) is 10.3. The van der Waals surface area contributed by atoms with Crippen LogP contribution in [0.5, 0.6) is 0 Å². The molecule has 0 radical (unpaired) electrons. The number of hydrogen-bond donors (Lipinski definition) is 2. The fourth-order valence-electron chi connectivity index (χ4n) is 3.75. The van der Waals surface area contributed by atoms with Gasteiger partial charge in [-0.15, -0.1) is 10.2 Å². The lowest BCUT2D eigenvalue weighted by Crippen LogP contribution is -2.48. The van der Waals surface area contributed by atoms with Gasteiger partial charge < -0.3 is 10.0 Å². The number of aromatic nitrogens is 4. The van der Waals surface area contributed by atoms with Gasteiger partial charge in [0, 0.05) is 31.3 Å². The summed E-state index contributed by atoms with van der Waals surface area (Å²) in [5.74, 6) is 0.573. The molecular weight excluding hydrogens is 318 g/mol. The van der Waals surface area contributed by atoms with Crippen molar-refractivity contribution in [3.63, 3.8) is 0 Å². The second kappa shape index (κ2) is 6.22. The average Bonchev–Trinajstić information content (AvgIpc) is 3.22. The van der Waals surface area contributed by atoms with Crippen LogP contribution in [-0.4, -0.2) is 49.6 Å². The Balaban J connectivity index is 1.36. The van der Waals surface area contributed by atoms with Gasteiger partial charge in [-0.3, -0.25) is 4.79 Å². The molecule has 1 saturated heterocycles. The molecule has 1 saturated carbocycles. The van der Waals surface area contributed by atoms with Gasteiger partial charge in [-0.1, -0.05) is 35.5 Å². The summed E-state index contributed by atoms with van der Waals surface area (Å²) in [6.07, 6.45) is 4.70. The van der Waals surface area contributed by atoms with E-state index in [2.05, 4.69) is 32.8 Å². The van der Waals surface area contributed by atoms with Gasteiger partial charge in [0.05, 0.1) is 0 Å². The SMILES string of the molecule is O=C(N1CCC(O)(c2nn[nH]n2)CC1)C1(CCc2ccccc2)CC1. The standard InChI is InChI=1S/C18H23N5O2/c24-16(17(8-9-17)7-6-14-4-2-1-3-5-14)23-12-10-18(25,11-13-23)15-19-21-22-20-15/h1-5,25H,6-13H2,(H,19,20,21,22). The number of likely N-dealkylation sites (tertiary alicyclic amines) is 1. The maximum Gasteiger partial charge on any atom is 0.228 e. The molecule has 1 aromatic carbocycles. The molecule has 1 aromatic heterocycles. The highest BCUT2D eigenvalue weighted by Crippen LogP contribution is 2.51. The molecule has 25 heavy (non-hydrogen) atoms. The summed E-state index contributed by atoms with van der Waals surface area (Å²) >= 11 is 0. The van der Waals surface area contributed by atoms with E-state index in [0.717, 1.165) is 25.7 Å². The highest BCUT2D eigenvalue weighted by Gasteiger charge is 2.52. The molecule has 4 rings (SSSR count). The molecule has 2 fully saturated rings. The molecule has 2 aromatic rings. The summed E-state index contributed by atoms with van der Waals surface area (Å²) in [5, 5.41) is 24.4. The zero-order chi connectivity index (χ0) is 17.3. The first kappa shape index (κ1) is 16.2. The predicted octanol–water partition coefficient (Wildman–Crippen LogP) is 1.42. The van der Waals surface area contributed by atoms with E-state index < -0.39 is 5.60 Å². The Bertz CT molecular complexity index is 719. The molecule has 1 aliphatic heterocycles. The van der Waals surface area contributed by atoms with Crippen LogP contribution in [0.4, 0.5) is 0 Å². The molecule has 2 aliphatic rings. The van der Waals surface area contributed by atoms with Gasteiger partial charge in [-0.2, -0.15) is 5.21 Å². The lowest BCUT2D eigenvalue weighted by atomic mass is 9.88. The number of nitrogens with one attached hydrogen (secondary N) is 1. The Morgan fingerprint density at radius 1 is 1.16 bits per heavy atom. The van der Waals surface area contributed by atoms with E-state index in [1.165, 1.54) is 5.56 Å². The van der Waals surface area contributed by atoms with E-state index in [0.29, 0.717) is 31.8 Å². The van der Waals surface area contributed by atoms with Crippen molar-refractivity contribution in [1.29, 1.82) is 0 Å². The van der Waals surface area contributed by atoms with E-state index in [-0.39, 0.29) is 11.3 Å². The summed E-state index contributed by atoms with van der Waals surface area (Å²) < 4.78 is 0. The van der Waals surface area contributed by atoms with Crippen LogP contribution < -0.4 is 0 Å². The van der Waals surface area contributed by atoms with Crippen LogP contribution in [0.2, 0.25) is 0 Å². The normalized spacial score (nSPS) is 21.1. The van der Waals surface area contributed by atoms with Crippen molar-refractivity contribution in [2.24, 2.45) is 5.41 Å². The number of hydrogen-bond acceptors (Lipinski definition) is 5. The third-order valence-corrected chi connectivity index (χ3v) is 5.68. The van der Waals surface area contributed by atoms with Crippen molar-refractivity contribution in [2.75, 3.05) is 13.1 Å². The van der Waals surface area contributed by atoms with E-state index >= 15 is 0 Å². The Morgan fingerprint density at radius 2 is 1.88 bits per heavy atom. The van der Waals surface area contributed by atoms with Crippen LogP contribution >= 0.6 is 0 Å². The molecule has 0 bridgehead atoms. The monoisotopic (exact) mass is 341 g/mol. The fraction of sp³-hybridized carbons (Fsp3) is 0.556. The Kier molecular flexibility index (Phi) is 4.03. The van der Waals surface area contributed by atoms with Crippen LogP contribution in [-0.2, 0) is 16.8 Å². The lowest BCUT2D eigenvalue weighted by Gasteiger charge is -2.37. The molecule has 7 nitrogen and oxygen atoms in total. The van der Waals surface area contributed by atoms with Gasteiger partial charge in [0.1, 0.15) is 5.60 Å². The van der Waals surface area contributed by atoms with E-state index in [1.54, 1.807) is 0 Å². The second-order valence-corrected chi connectivity index (χ2v) is 7.33. The first-order valence-electron chi connectivity index (χ1n) is 8.91. The average molecular weight is 341 g/mol. The summed E-state index contributed by atoms with van der Waals surface area (Å²) in [6.45, 7) is 1.08. The molecule has 132 valence electrons. The van der Waals surface area contributed by atoms with Gasteiger partial charge >= 0.3 is 0 Å². The molecule has 2 heterocycles. The number of benzene rings is 1. The highest BCUT2D eigenvalue weighted by atomic mass is 16.3. The Labute approximate surface area is 146 Å². The van der Waals surface area contributed by atoms with Gasteiger partial charge in [-0.05, 0) is 31.2 Å². The molecule has 0 atom stereocenters. The number of carbonyl (C=O) groups is 1. The van der Waals surface area contributed by atoms with Crippen molar-refractivity contribution in [3.05, 3.63) is 41.7 Å². The second-order valence-electron chi connectivity index (χ2n) is 7.33. The Hall–Kier alpha value is -2.28. The van der Waals surface area contributed by atoms with Crippen LogP contribution in [0.25, 0.3) is 0 Å². The maximum absolute atomic E-state index is 13.0. The van der Waals surface area contributed by atoms with Crippen molar-refractivity contribution in [2.45, 2.75) is 44.1 Å². The van der Waals surface area contributed by atoms with Crippen molar-refractivity contribution >= 4 is 5.91 Å². The van der Waals surface area contributed by atoms with Crippen LogP contribution in [0.15, 0.2) is 30.3 Å². The zero-order valence-electron chi connectivity index (χ0n) is 14.2. The maximum atomic E-state index is 13.0. The van der Waals surface area contributed by atoms with Gasteiger partial charge in [0.25, 0.3) is 0 Å². The number of aryl methyl sites for hydroxylation is 1. The minimum Gasteiger partial charge on any atom is -0.382 e. The molecule has 0 unspecified atom stereocenters. The van der Waals surface area contributed by atoms with Crippen LogP contribution in [0, 0.1) is 5.41 Å². The van der Waals surface area contributed by atoms with Crippen molar-refractivity contribution in [1.82, 2.24) is 25.5 Å². The third-order valence-electron chi connectivity index (χ3n) is 5.68. The molecule has 2 N–H and O–H groups in total. The minimum atomic E-state index is -1.08. The van der Waals surface area contributed by atoms with E-state index in [9.17, 15) is 9.90 Å². The smallest absolute Gasteiger partial charge is 0.228 e. The number of aliphatic hydroxyl groups is 1. The number of tetrazole rings is 1. The fourth-order valence-corrected chi connectivity index (χ4v) is 3.75. The first-order valence-corrected chi connectivity index (χ1v) is 8.91. The zero-order valence-corrected chi connectivity index (χ0v) is 14.2. The number of amides is 1. The van der Waals surface area contributed by atoms with E-state index in [1.807, 2.05) is 23.1 Å². The number of H-pyrrole nitrogens is 1. The summed E-state index contributed by atoms with van der Waals surface area (Å²) in [4.78, 5) is 14.9. The van der Waals surface area contributed by atoms with Crippen molar-refractivity contribution in [3.8, 4) is 0 Å². The van der Waals surface area contributed by atoms with Crippen LogP contribution in [0.1, 0.15) is 43.5 Å². The number of aromatic amines is 1. The predicted molar refractivity (Wildman–Crippen MR) is 90.3 cm³/mol. The molecule has 1 amide bonds. The van der Waals surface area contributed by atoms with Gasteiger partial charge in [-0.25, -0.2) is 0 Å². The summed E-state index contributed by atoms with van der Waals surface area (Å²) in [5.41, 5.74) is 0.0220. The van der Waals surface area contributed by atoms with Crippen molar-refractivity contribution < 1.29 is 9.90 Å². The number of carbonyl (C=O) groups excluding carboxylic acids is 1. The largest absolute Gasteiger partial charge is 0.382 e. The number of piperidine rings is 1. The summed E-state index contributed by atoms with van der Waals surface area (Å²) in [7, 11) is 0. The highest BCUT2D eigenvalue weighted by molar-refractivity contribution is 5.85. The minimum absolute atomic E-state index is 0.183. The lowest BCUT2D eigenvalue weighted by molar-refractivity contribution is -0.142. The topological polar surface area (TPSA) is 95.0 Å². The van der Waals surface area contributed by atoms with Gasteiger partial charge in [0.15, 0.2) is 0 Å². The molecule has 1 aliphatic carbocycles. The number of nitrogens with zero attached hydrogens (tertiary/aromatic N) is 4. The quantitative estimate of drug-likeness (QED) is 0.858. The molecular formula is C18H23N5O2. The molecule has 0 spiro atoms. The molecule has 7 heteroatoms. The Morgan fingerprint density at radius 3 is 2.48 bits per heavy atom. The van der Waals surface area contributed by atoms with Gasteiger partial charge in [0.2, 0.25) is 11.7 Å². The first-order chi connectivity index (χ1) is 12.1.